The van der Waals surface area contributed by atoms with E-state index < -0.39 is 11.6 Å². The molecule has 2 aromatic rings. The number of aliphatic imine (C=N–C) groups is 1. The summed E-state index contributed by atoms with van der Waals surface area (Å²) in [6.07, 6.45) is 0. The van der Waals surface area contributed by atoms with Crippen LogP contribution < -0.4 is 15.4 Å². The average Bonchev–Trinajstić information content (AvgIpc) is 2.89. The van der Waals surface area contributed by atoms with Crippen LogP contribution in [0.25, 0.3) is 0 Å². The summed E-state index contributed by atoms with van der Waals surface area (Å²) in [4.78, 5) is 10.1. The van der Waals surface area contributed by atoms with Crippen LogP contribution in [-0.2, 0) is 6.54 Å². The number of aromatic nitrogens is 1. The van der Waals surface area contributed by atoms with Crippen LogP contribution in [0.15, 0.2) is 23.2 Å². The number of aryl methyl sites for hydroxylation is 2. The van der Waals surface area contributed by atoms with Crippen molar-refractivity contribution < 1.29 is 13.5 Å². The highest BCUT2D eigenvalue weighted by Gasteiger charge is 2.06. The van der Waals surface area contributed by atoms with Gasteiger partial charge in [0.15, 0.2) is 17.5 Å². The van der Waals surface area contributed by atoms with E-state index in [-0.39, 0.29) is 12.4 Å². The third-order valence-corrected chi connectivity index (χ3v) is 4.39. The van der Waals surface area contributed by atoms with Gasteiger partial charge in [0, 0.05) is 17.5 Å². The van der Waals surface area contributed by atoms with Crippen LogP contribution in [0.4, 0.5) is 8.78 Å². The minimum Gasteiger partial charge on any atom is -0.489 e. The highest BCUT2D eigenvalue weighted by Crippen LogP contribution is 2.18. The van der Waals surface area contributed by atoms with Gasteiger partial charge in [-0.2, -0.15) is 0 Å². The number of nitrogens with one attached hydrogen (secondary N) is 2. The molecular weight excluding hydrogens is 346 g/mol. The maximum absolute atomic E-state index is 13.5. The molecule has 0 radical (unpaired) electrons. The average molecular weight is 368 g/mol. The molecule has 0 aliphatic heterocycles. The summed E-state index contributed by atoms with van der Waals surface area (Å²) in [6, 6.07) is 3.23. The van der Waals surface area contributed by atoms with E-state index in [2.05, 4.69) is 20.6 Å². The van der Waals surface area contributed by atoms with Crippen LogP contribution in [0.3, 0.4) is 0 Å². The van der Waals surface area contributed by atoms with E-state index in [1.54, 1.807) is 11.3 Å². The molecule has 1 aromatic heterocycles. The molecule has 25 heavy (non-hydrogen) atoms. The van der Waals surface area contributed by atoms with Gasteiger partial charge in [-0.3, -0.25) is 0 Å². The number of rotatable bonds is 7. The molecule has 0 bridgehead atoms. The Morgan fingerprint density at radius 1 is 1.28 bits per heavy atom. The molecule has 0 atom stereocenters. The Hall–Kier alpha value is -2.22. The fourth-order valence-electron chi connectivity index (χ4n) is 2.02. The standard InChI is InChI=1S/C17H22F2N4OS/c1-4-20-17(22-10-16-23-11(2)12(3)25-16)21-7-8-24-15-6-5-13(18)9-14(15)19/h5-6,9H,4,7-8,10H2,1-3H3,(H2,20,21,22). The molecule has 5 nitrogen and oxygen atoms in total. The SMILES string of the molecule is CCNC(=NCc1nc(C)c(C)s1)NCCOc1ccc(F)cc1F. The third kappa shape index (κ3) is 5.97. The van der Waals surface area contributed by atoms with Crippen LogP contribution in [0.1, 0.15) is 22.5 Å². The fraction of sp³-hybridized carbons (Fsp3) is 0.412. The van der Waals surface area contributed by atoms with E-state index in [9.17, 15) is 8.78 Å². The Balaban J connectivity index is 1.83. The lowest BCUT2D eigenvalue weighted by atomic mass is 10.3. The van der Waals surface area contributed by atoms with Gasteiger partial charge in [0.1, 0.15) is 17.4 Å². The van der Waals surface area contributed by atoms with Crippen molar-refractivity contribution in [1.29, 1.82) is 0 Å². The smallest absolute Gasteiger partial charge is 0.191 e. The van der Waals surface area contributed by atoms with Gasteiger partial charge in [-0.25, -0.2) is 18.8 Å². The van der Waals surface area contributed by atoms with Crippen molar-refractivity contribution in [2.45, 2.75) is 27.3 Å². The van der Waals surface area contributed by atoms with E-state index in [0.29, 0.717) is 19.0 Å². The molecule has 136 valence electrons. The van der Waals surface area contributed by atoms with Crippen molar-refractivity contribution in [3.8, 4) is 5.75 Å². The normalized spacial score (nSPS) is 11.5. The molecule has 0 spiro atoms. The first kappa shape index (κ1) is 19.1. The first-order chi connectivity index (χ1) is 12.0. The third-order valence-electron chi connectivity index (χ3n) is 3.34. The number of guanidine groups is 1. The lowest BCUT2D eigenvalue weighted by Crippen LogP contribution is -2.39. The topological polar surface area (TPSA) is 58.5 Å². The van der Waals surface area contributed by atoms with Crippen molar-refractivity contribution >= 4 is 17.3 Å². The lowest BCUT2D eigenvalue weighted by molar-refractivity contribution is 0.304. The van der Waals surface area contributed by atoms with E-state index in [1.807, 2.05) is 20.8 Å². The van der Waals surface area contributed by atoms with Gasteiger partial charge < -0.3 is 15.4 Å². The minimum absolute atomic E-state index is 0.0267. The van der Waals surface area contributed by atoms with Crippen LogP contribution in [0.2, 0.25) is 0 Å². The lowest BCUT2D eigenvalue weighted by Gasteiger charge is -2.12. The molecule has 0 amide bonds. The number of hydrogen-bond donors (Lipinski definition) is 2. The molecule has 0 aliphatic carbocycles. The Kier molecular flexibility index (Phi) is 7.12. The van der Waals surface area contributed by atoms with Gasteiger partial charge in [0.05, 0.1) is 18.8 Å². The second kappa shape index (κ2) is 9.31. The Labute approximate surface area is 150 Å². The van der Waals surface area contributed by atoms with Gasteiger partial charge in [0.2, 0.25) is 0 Å². The van der Waals surface area contributed by atoms with Crippen molar-refractivity contribution in [3.63, 3.8) is 0 Å². The number of benzene rings is 1. The van der Waals surface area contributed by atoms with Crippen LogP contribution >= 0.6 is 11.3 Å². The minimum atomic E-state index is -0.713. The highest BCUT2D eigenvalue weighted by molar-refractivity contribution is 7.11. The maximum atomic E-state index is 13.5. The summed E-state index contributed by atoms with van der Waals surface area (Å²) >= 11 is 1.63. The van der Waals surface area contributed by atoms with Crippen molar-refractivity contribution in [3.05, 3.63) is 45.4 Å². The number of hydrogen-bond acceptors (Lipinski definition) is 4. The number of ether oxygens (including phenoxy) is 1. The van der Waals surface area contributed by atoms with Gasteiger partial charge in [-0.1, -0.05) is 0 Å². The predicted octanol–water partition coefficient (Wildman–Crippen LogP) is 3.17. The summed E-state index contributed by atoms with van der Waals surface area (Å²) in [5, 5.41) is 7.19. The second-order valence-corrected chi connectivity index (χ2v) is 6.58. The van der Waals surface area contributed by atoms with Crippen LogP contribution in [-0.4, -0.2) is 30.6 Å². The summed E-state index contributed by atoms with van der Waals surface area (Å²) in [6.45, 7) is 7.85. The molecule has 0 unspecified atom stereocenters. The summed E-state index contributed by atoms with van der Waals surface area (Å²) in [7, 11) is 0. The maximum Gasteiger partial charge on any atom is 0.191 e. The number of halogens is 2. The first-order valence-electron chi connectivity index (χ1n) is 8.02. The Morgan fingerprint density at radius 2 is 2.08 bits per heavy atom. The highest BCUT2D eigenvalue weighted by atomic mass is 32.1. The zero-order valence-corrected chi connectivity index (χ0v) is 15.3. The van der Waals surface area contributed by atoms with Crippen LogP contribution in [0, 0.1) is 25.5 Å². The second-order valence-electron chi connectivity index (χ2n) is 5.29. The molecule has 0 saturated carbocycles. The van der Waals surface area contributed by atoms with E-state index in [0.717, 1.165) is 29.4 Å². The fourth-order valence-corrected chi connectivity index (χ4v) is 2.88. The van der Waals surface area contributed by atoms with Crippen LogP contribution in [0.5, 0.6) is 5.75 Å². The molecule has 0 aliphatic rings. The van der Waals surface area contributed by atoms with E-state index in [1.165, 1.54) is 10.9 Å². The van der Waals surface area contributed by atoms with Crippen molar-refractivity contribution in [1.82, 2.24) is 15.6 Å². The van der Waals surface area contributed by atoms with Crippen molar-refractivity contribution in [2.24, 2.45) is 4.99 Å². The largest absolute Gasteiger partial charge is 0.489 e. The molecule has 2 rings (SSSR count). The molecule has 0 fully saturated rings. The van der Waals surface area contributed by atoms with Gasteiger partial charge in [-0.05, 0) is 32.9 Å². The quantitative estimate of drug-likeness (QED) is 0.448. The monoisotopic (exact) mass is 368 g/mol. The number of thiazole rings is 1. The Bertz CT molecular complexity index is 714. The molecular formula is C17H22F2N4OS. The van der Waals surface area contributed by atoms with E-state index in [4.69, 9.17) is 4.74 Å². The Morgan fingerprint density at radius 3 is 2.72 bits per heavy atom. The van der Waals surface area contributed by atoms with Gasteiger partial charge in [0.25, 0.3) is 0 Å². The molecule has 1 aromatic carbocycles. The van der Waals surface area contributed by atoms with Gasteiger partial charge in [-0.15, -0.1) is 11.3 Å². The van der Waals surface area contributed by atoms with Gasteiger partial charge >= 0.3 is 0 Å². The summed E-state index contributed by atoms with van der Waals surface area (Å²) in [5.74, 6) is -0.678. The molecule has 0 saturated heterocycles. The zero-order chi connectivity index (χ0) is 18.2. The van der Waals surface area contributed by atoms with E-state index >= 15 is 0 Å². The molecule has 1 heterocycles. The first-order valence-corrected chi connectivity index (χ1v) is 8.84. The molecule has 2 N–H and O–H groups in total. The summed E-state index contributed by atoms with van der Waals surface area (Å²) in [5.41, 5.74) is 1.03. The predicted molar refractivity (Wildman–Crippen MR) is 96.3 cm³/mol. The number of nitrogens with zero attached hydrogens (tertiary/aromatic N) is 2. The summed E-state index contributed by atoms with van der Waals surface area (Å²) < 4.78 is 31.6. The zero-order valence-electron chi connectivity index (χ0n) is 14.5. The molecule has 8 heteroatoms. The van der Waals surface area contributed by atoms with Crippen molar-refractivity contribution in [2.75, 3.05) is 19.7 Å².